The molecule has 0 radical (unpaired) electrons. The molecule has 3 nitrogen and oxygen atoms in total. The van der Waals surface area contributed by atoms with Crippen LogP contribution in [0.1, 0.15) is 11.5 Å². The summed E-state index contributed by atoms with van der Waals surface area (Å²) >= 11 is 1.73. The first kappa shape index (κ1) is 15.0. The monoisotopic (exact) mass is 335 g/mol. The number of ether oxygens (including phenoxy) is 1. The Bertz CT molecular complexity index is 956. The van der Waals surface area contributed by atoms with E-state index in [1.54, 1.807) is 11.3 Å². The van der Waals surface area contributed by atoms with Crippen molar-refractivity contribution in [2.75, 3.05) is 6.61 Å². The van der Waals surface area contributed by atoms with Crippen LogP contribution in [0.2, 0.25) is 0 Å². The van der Waals surface area contributed by atoms with E-state index in [2.05, 4.69) is 22.5 Å². The molecule has 0 spiro atoms. The van der Waals surface area contributed by atoms with Crippen LogP contribution in [0.4, 0.5) is 0 Å². The summed E-state index contributed by atoms with van der Waals surface area (Å²) in [5.41, 5.74) is 1.95. The zero-order valence-electron chi connectivity index (χ0n) is 13.4. The quantitative estimate of drug-likeness (QED) is 0.484. The highest BCUT2D eigenvalue weighted by Crippen LogP contribution is 2.29. The fraction of sp³-hybridized carbons (Fsp3) is 0.150. The van der Waals surface area contributed by atoms with Crippen LogP contribution in [0.25, 0.3) is 21.5 Å². The largest absolute Gasteiger partial charge is 0.493 e. The summed E-state index contributed by atoms with van der Waals surface area (Å²) in [6, 6.07) is 18.2. The minimum absolute atomic E-state index is 0.580. The van der Waals surface area contributed by atoms with Gasteiger partial charge < -0.3 is 9.15 Å². The number of nitrogens with zero attached hydrogens (tertiary/aromatic N) is 1. The van der Waals surface area contributed by atoms with Crippen LogP contribution in [-0.2, 0) is 6.42 Å². The van der Waals surface area contributed by atoms with Crippen LogP contribution in [0.3, 0.4) is 0 Å². The molecule has 0 atom stereocenters. The van der Waals surface area contributed by atoms with E-state index in [0.29, 0.717) is 12.5 Å². The SMILES string of the molecule is Cc1oc(-c2ccccc2)nc1CCOc1cccc2sccc12. The Morgan fingerprint density at radius 1 is 1.04 bits per heavy atom. The van der Waals surface area contributed by atoms with E-state index in [4.69, 9.17) is 9.15 Å². The second-order valence-electron chi connectivity index (χ2n) is 5.57. The average Bonchev–Trinajstić information content (AvgIpc) is 3.23. The van der Waals surface area contributed by atoms with Crippen LogP contribution in [0, 0.1) is 6.92 Å². The number of rotatable bonds is 5. The molecular formula is C20H17NO2S. The molecule has 0 aliphatic rings. The van der Waals surface area contributed by atoms with Crippen molar-refractivity contribution >= 4 is 21.4 Å². The highest BCUT2D eigenvalue weighted by Gasteiger charge is 2.11. The maximum atomic E-state index is 5.98. The van der Waals surface area contributed by atoms with E-state index >= 15 is 0 Å². The minimum atomic E-state index is 0.580. The van der Waals surface area contributed by atoms with Crippen molar-refractivity contribution in [1.82, 2.24) is 4.98 Å². The molecule has 24 heavy (non-hydrogen) atoms. The van der Waals surface area contributed by atoms with Crippen molar-refractivity contribution < 1.29 is 9.15 Å². The first-order valence-electron chi connectivity index (χ1n) is 7.92. The van der Waals surface area contributed by atoms with Gasteiger partial charge in [-0.3, -0.25) is 0 Å². The van der Waals surface area contributed by atoms with Crippen molar-refractivity contribution in [2.24, 2.45) is 0 Å². The van der Waals surface area contributed by atoms with Gasteiger partial charge in [0.15, 0.2) is 0 Å². The summed E-state index contributed by atoms with van der Waals surface area (Å²) < 4.78 is 13.0. The van der Waals surface area contributed by atoms with Gasteiger partial charge in [0.2, 0.25) is 5.89 Å². The highest BCUT2D eigenvalue weighted by atomic mass is 32.1. The number of fused-ring (bicyclic) bond motifs is 1. The third kappa shape index (κ3) is 2.93. The van der Waals surface area contributed by atoms with Crippen LogP contribution < -0.4 is 4.74 Å². The van der Waals surface area contributed by atoms with E-state index in [9.17, 15) is 0 Å². The van der Waals surface area contributed by atoms with Gasteiger partial charge in [-0.15, -0.1) is 11.3 Å². The molecule has 4 rings (SSSR count). The molecule has 0 saturated carbocycles. The van der Waals surface area contributed by atoms with E-state index in [1.807, 2.05) is 49.4 Å². The first-order valence-corrected chi connectivity index (χ1v) is 8.80. The van der Waals surface area contributed by atoms with Crippen molar-refractivity contribution in [3.8, 4) is 17.2 Å². The molecular weight excluding hydrogens is 318 g/mol. The van der Waals surface area contributed by atoms with Crippen molar-refractivity contribution in [1.29, 1.82) is 0 Å². The van der Waals surface area contributed by atoms with Gasteiger partial charge in [0, 0.05) is 22.1 Å². The Balaban J connectivity index is 1.47. The molecule has 0 amide bonds. The second kappa shape index (κ2) is 6.49. The molecule has 0 saturated heterocycles. The number of hydrogen-bond acceptors (Lipinski definition) is 4. The lowest BCUT2D eigenvalue weighted by atomic mass is 10.2. The van der Waals surface area contributed by atoms with Crippen LogP contribution in [-0.4, -0.2) is 11.6 Å². The lowest BCUT2D eigenvalue weighted by molar-refractivity contribution is 0.323. The summed E-state index contributed by atoms with van der Waals surface area (Å²) in [4.78, 5) is 4.62. The smallest absolute Gasteiger partial charge is 0.226 e. The Kier molecular flexibility index (Phi) is 4.05. The first-order chi connectivity index (χ1) is 11.8. The molecule has 120 valence electrons. The summed E-state index contributed by atoms with van der Waals surface area (Å²) in [5.74, 6) is 2.45. The third-order valence-electron chi connectivity index (χ3n) is 3.97. The molecule has 0 unspecified atom stereocenters. The second-order valence-corrected chi connectivity index (χ2v) is 6.52. The molecule has 0 bridgehead atoms. The molecule has 0 N–H and O–H groups in total. The molecule has 0 aliphatic carbocycles. The lowest BCUT2D eigenvalue weighted by Gasteiger charge is -2.06. The number of oxazole rings is 1. The fourth-order valence-corrected chi connectivity index (χ4v) is 3.52. The zero-order chi connectivity index (χ0) is 16.4. The normalized spacial score (nSPS) is 11.0. The molecule has 4 heteroatoms. The van der Waals surface area contributed by atoms with Gasteiger partial charge in [-0.25, -0.2) is 4.98 Å². The van der Waals surface area contributed by atoms with Gasteiger partial charge in [-0.2, -0.15) is 0 Å². The highest BCUT2D eigenvalue weighted by molar-refractivity contribution is 7.17. The van der Waals surface area contributed by atoms with Gasteiger partial charge >= 0.3 is 0 Å². The molecule has 0 fully saturated rings. The van der Waals surface area contributed by atoms with Gasteiger partial charge in [-0.05, 0) is 42.6 Å². The van der Waals surface area contributed by atoms with Crippen molar-refractivity contribution in [3.63, 3.8) is 0 Å². The fourth-order valence-electron chi connectivity index (χ4n) is 2.71. The zero-order valence-corrected chi connectivity index (χ0v) is 14.2. The summed E-state index contributed by atoms with van der Waals surface area (Å²) in [6.07, 6.45) is 0.725. The van der Waals surface area contributed by atoms with Crippen molar-refractivity contribution in [2.45, 2.75) is 13.3 Å². The Hall–Kier alpha value is -2.59. The molecule has 2 heterocycles. The minimum Gasteiger partial charge on any atom is -0.493 e. The molecule has 0 aliphatic heterocycles. The van der Waals surface area contributed by atoms with Crippen LogP contribution in [0.5, 0.6) is 5.75 Å². The summed E-state index contributed by atoms with van der Waals surface area (Å²) in [7, 11) is 0. The Labute approximate surface area is 144 Å². The lowest BCUT2D eigenvalue weighted by Crippen LogP contribution is -2.02. The predicted octanol–water partition coefficient (Wildman–Crippen LogP) is 5.49. The maximum Gasteiger partial charge on any atom is 0.226 e. The van der Waals surface area contributed by atoms with Crippen LogP contribution in [0.15, 0.2) is 64.4 Å². The number of aromatic nitrogens is 1. The number of benzene rings is 2. The van der Waals surface area contributed by atoms with E-state index < -0.39 is 0 Å². The van der Waals surface area contributed by atoms with Crippen LogP contribution >= 0.6 is 11.3 Å². The van der Waals surface area contributed by atoms with Gasteiger partial charge in [0.05, 0.1) is 12.3 Å². The van der Waals surface area contributed by atoms with E-state index in [-0.39, 0.29) is 0 Å². The maximum absolute atomic E-state index is 5.98. The number of hydrogen-bond donors (Lipinski definition) is 0. The Morgan fingerprint density at radius 3 is 2.79 bits per heavy atom. The molecule has 2 aromatic carbocycles. The topological polar surface area (TPSA) is 35.3 Å². The predicted molar refractivity (Wildman–Crippen MR) is 97.7 cm³/mol. The van der Waals surface area contributed by atoms with Crippen molar-refractivity contribution in [3.05, 3.63) is 71.4 Å². The molecule has 4 aromatic rings. The molecule has 2 aromatic heterocycles. The number of thiophene rings is 1. The van der Waals surface area contributed by atoms with Gasteiger partial charge in [0.25, 0.3) is 0 Å². The van der Waals surface area contributed by atoms with E-state index in [0.717, 1.165) is 29.2 Å². The van der Waals surface area contributed by atoms with E-state index in [1.165, 1.54) is 10.1 Å². The Morgan fingerprint density at radius 2 is 1.92 bits per heavy atom. The standard InChI is InChI=1S/C20H17NO2S/c1-14-17(21-20(23-14)15-6-3-2-4-7-15)10-12-22-18-8-5-9-19-16(18)11-13-24-19/h2-9,11,13H,10,12H2,1H3. The third-order valence-corrected chi connectivity index (χ3v) is 4.85. The van der Waals surface area contributed by atoms with Gasteiger partial charge in [0.1, 0.15) is 11.5 Å². The summed E-state index contributed by atoms with van der Waals surface area (Å²) in [6.45, 7) is 2.53. The van der Waals surface area contributed by atoms with Gasteiger partial charge in [-0.1, -0.05) is 24.3 Å². The summed E-state index contributed by atoms with van der Waals surface area (Å²) in [5, 5.41) is 3.26. The number of aryl methyl sites for hydroxylation is 1. The average molecular weight is 335 g/mol.